The van der Waals surface area contributed by atoms with Crippen molar-refractivity contribution >= 4 is 11.6 Å². The van der Waals surface area contributed by atoms with Crippen molar-refractivity contribution in [3.8, 4) is 17.1 Å². The first kappa shape index (κ1) is 21.7. The molecule has 4 rings (SSSR count). The number of carbonyl (C=O) groups is 1. The Morgan fingerprint density at radius 3 is 2.62 bits per heavy atom. The van der Waals surface area contributed by atoms with Gasteiger partial charge in [0.05, 0.1) is 11.8 Å². The number of nitrogens with two attached hydrogens (primary N) is 1. The molecule has 1 aromatic carbocycles. The highest BCUT2D eigenvalue weighted by atomic mass is 19.1. The van der Waals surface area contributed by atoms with Crippen LogP contribution in [-0.2, 0) is 0 Å². The number of nitrogens with one attached hydrogen (secondary N) is 1. The van der Waals surface area contributed by atoms with E-state index in [1.165, 1.54) is 12.5 Å². The van der Waals surface area contributed by atoms with Gasteiger partial charge in [-0.25, -0.2) is 23.1 Å². The lowest BCUT2D eigenvalue weighted by molar-refractivity contribution is 0.101. The summed E-state index contributed by atoms with van der Waals surface area (Å²) in [7, 11) is 0. The molecule has 166 valence electrons. The van der Waals surface area contributed by atoms with Crippen LogP contribution in [0.15, 0.2) is 42.9 Å². The van der Waals surface area contributed by atoms with Crippen LogP contribution in [0.3, 0.4) is 0 Å². The average molecular weight is 443 g/mol. The maximum absolute atomic E-state index is 14.3. The summed E-state index contributed by atoms with van der Waals surface area (Å²) in [5.41, 5.74) is 4.67. The Morgan fingerprint density at radius 1 is 1.09 bits per heavy atom. The monoisotopic (exact) mass is 443 g/mol. The molecule has 0 bridgehead atoms. The minimum absolute atomic E-state index is 0.0363. The molecule has 2 unspecified atom stereocenters. The van der Waals surface area contributed by atoms with E-state index >= 15 is 0 Å². The smallest absolute Gasteiger partial charge is 0.274 e. The Balaban J connectivity index is 1.58. The minimum Gasteiger partial charge on any atom is -0.473 e. The fraction of sp³-hybridized carbons (Fsp3) is 0.273. The van der Waals surface area contributed by atoms with Crippen molar-refractivity contribution in [3.63, 3.8) is 0 Å². The quantitative estimate of drug-likeness (QED) is 0.621. The summed E-state index contributed by atoms with van der Waals surface area (Å²) in [5.74, 6) is -3.54. The zero-order chi connectivity index (χ0) is 22.7. The Morgan fingerprint density at radius 2 is 1.88 bits per heavy atom. The minimum atomic E-state index is -0.994. The van der Waals surface area contributed by atoms with E-state index in [-0.39, 0.29) is 29.4 Å². The highest BCUT2D eigenvalue weighted by Gasteiger charge is 2.24. The molecular formula is C22H20F3N5O2. The number of pyridine rings is 1. The van der Waals surface area contributed by atoms with E-state index in [1.807, 2.05) is 0 Å². The average Bonchev–Trinajstić information content (AvgIpc) is 2.76. The molecule has 0 aliphatic heterocycles. The molecule has 3 aromatic rings. The Labute approximate surface area is 181 Å². The number of hydrogen-bond acceptors (Lipinski definition) is 6. The predicted molar refractivity (Wildman–Crippen MR) is 110 cm³/mol. The second-order valence-corrected chi connectivity index (χ2v) is 7.49. The topological polar surface area (TPSA) is 103 Å². The van der Waals surface area contributed by atoms with Crippen LogP contribution in [0.1, 0.15) is 36.2 Å². The lowest BCUT2D eigenvalue weighted by atomic mass is 9.94. The lowest BCUT2D eigenvalue weighted by Crippen LogP contribution is -2.34. The fourth-order valence-corrected chi connectivity index (χ4v) is 3.60. The van der Waals surface area contributed by atoms with Crippen molar-refractivity contribution in [3.05, 3.63) is 66.0 Å². The van der Waals surface area contributed by atoms with E-state index in [4.69, 9.17) is 10.5 Å². The number of nitrogens with zero attached hydrogens (tertiary/aromatic N) is 3. The number of anilines is 1. The summed E-state index contributed by atoms with van der Waals surface area (Å²) in [5, 5.41) is 2.56. The van der Waals surface area contributed by atoms with E-state index in [0.29, 0.717) is 6.42 Å². The third-order valence-electron chi connectivity index (χ3n) is 5.15. The number of hydrogen-bond donors (Lipinski definition) is 2. The van der Waals surface area contributed by atoms with Crippen molar-refractivity contribution in [1.29, 1.82) is 0 Å². The molecule has 10 heteroatoms. The number of benzene rings is 1. The second kappa shape index (κ2) is 9.31. The van der Waals surface area contributed by atoms with E-state index < -0.39 is 34.6 Å². The van der Waals surface area contributed by atoms with Gasteiger partial charge in [0.15, 0.2) is 0 Å². The highest BCUT2D eigenvalue weighted by Crippen LogP contribution is 2.29. The Kier molecular flexibility index (Phi) is 6.31. The number of aromatic nitrogens is 3. The molecule has 1 fully saturated rings. The van der Waals surface area contributed by atoms with Gasteiger partial charge in [-0.2, -0.15) is 4.98 Å². The van der Waals surface area contributed by atoms with E-state index in [0.717, 1.165) is 49.6 Å². The van der Waals surface area contributed by atoms with Crippen LogP contribution < -0.4 is 15.8 Å². The second-order valence-electron chi connectivity index (χ2n) is 7.49. The molecule has 0 spiro atoms. The molecule has 1 aliphatic carbocycles. The predicted octanol–water partition coefficient (Wildman–Crippen LogP) is 3.86. The van der Waals surface area contributed by atoms with Gasteiger partial charge in [-0.3, -0.25) is 4.79 Å². The van der Waals surface area contributed by atoms with Gasteiger partial charge in [-0.1, -0.05) is 6.07 Å². The van der Waals surface area contributed by atoms with Crippen LogP contribution in [-0.4, -0.2) is 33.0 Å². The lowest BCUT2D eigenvalue weighted by Gasteiger charge is -2.27. The summed E-state index contributed by atoms with van der Waals surface area (Å²) < 4.78 is 48.4. The number of ether oxygens (including phenoxy) is 1. The van der Waals surface area contributed by atoms with Gasteiger partial charge in [0.25, 0.3) is 5.91 Å². The summed E-state index contributed by atoms with van der Waals surface area (Å²) in [4.78, 5) is 24.6. The maximum Gasteiger partial charge on any atom is 0.274 e. The first-order valence-corrected chi connectivity index (χ1v) is 10.1. The fourth-order valence-electron chi connectivity index (χ4n) is 3.60. The van der Waals surface area contributed by atoms with Gasteiger partial charge in [0, 0.05) is 6.04 Å². The normalized spacial score (nSPS) is 18.2. The highest BCUT2D eigenvalue weighted by molar-refractivity contribution is 6.03. The standard InChI is InChI=1S/C22H20F3N5O2/c23-14-5-2-6-15(24)19(14)20-16(25)7-8-17(29-20)21(31)30-18-10-27-11-28-22(18)32-13-4-1-3-12(26)9-13/h2,5-8,10-13H,1,3-4,9,26H2,(H,30,31). The van der Waals surface area contributed by atoms with Crippen LogP contribution in [0, 0.1) is 17.5 Å². The SMILES string of the molecule is NC1CCCC(Oc2ncncc2NC(=O)c2ccc(F)c(-c3c(F)cccc3F)n2)C1. The Hall–Kier alpha value is -3.53. The molecule has 2 atom stereocenters. The van der Waals surface area contributed by atoms with Crippen molar-refractivity contribution in [2.24, 2.45) is 5.73 Å². The molecule has 2 aromatic heterocycles. The first-order chi connectivity index (χ1) is 15.4. The van der Waals surface area contributed by atoms with Crippen molar-refractivity contribution in [1.82, 2.24) is 15.0 Å². The van der Waals surface area contributed by atoms with Gasteiger partial charge < -0.3 is 15.8 Å². The molecule has 0 radical (unpaired) electrons. The summed E-state index contributed by atoms with van der Waals surface area (Å²) >= 11 is 0. The molecule has 1 saturated carbocycles. The van der Waals surface area contributed by atoms with E-state index in [2.05, 4.69) is 20.3 Å². The van der Waals surface area contributed by atoms with Crippen molar-refractivity contribution < 1.29 is 22.7 Å². The third kappa shape index (κ3) is 4.70. The molecule has 1 aliphatic rings. The molecule has 2 heterocycles. The van der Waals surface area contributed by atoms with Gasteiger partial charge in [0.1, 0.15) is 47.0 Å². The van der Waals surface area contributed by atoms with Crippen molar-refractivity contribution in [2.75, 3.05) is 5.32 Å². The first-order valence-electron chi connectivity index (χ1n) is 10.1. The van der Waals surface area contributed by atoms with Crippen LogP contribution in [0.5, 0.6) is 5.88 Å². The zero-order valence-electron chi connectivity index (χ0n) is 16.9. The van der Waals surface area contributed by atoms with Gasteiger partial charge in [-0.05, 0) is 49.9 Å². The van der Waals surface area contributed by atoms with Crippen LogP contribution in [0.25, 0.3) is 11.3 Å². The summed E-state index contributed by atoms with van der Waals surface area (Å²) in [6.07, 6.45) is 5.80. The van der Waals surface area contributed by atoms with Crippen LogP contribution >= 0.6 is 0 Å². The molecule has 0 saturated heterocycles. The molecule has 7 nitrogen and oxygen atoms in total. The van der Waals surface area contributed by atoms with Gasteiger partial charge in [-0.15, -0.1) is 0 Å². The van der Waals surface area contributed by atoms with Crippen LogP contribution in [0.4, 0.5) is 18.9 Å². The maximum atomic E-state index is 14.3. The number of halogens is 3. The van der Waals surface area contributed by atoms with Crippen molar-refractivity contribution in [2.45, 2.75) is 37.8 Å². The Bertz CT molecular complexity index is 1120. The molecule has 32 heavy (non-hydrogen) atoms. The summed E-state index contributed by atoms with van der Waals surface area (Å²) in [6.45, 7) is 0. The van der Waals surface area contributed by atoms with E-state index in [9.17, 15) is 18.0 Å². The molecular weight excluding hydrogens is 423 g/mol. The third-order valence-corrected chi connectivity index (χ3v) is 5.15. The van der Waals surface area contributed by atoms with Gasteiger partial charge in [0.2, 0.25) is 5.88 Å². The van der Waals surface area contributed by atoms with Gasteiger partial charge >= 0.3 is 0 Å². The molecule has 1 amide bonds. The summed E-state index contributed by atoms with van der Waals surface area (Å²) in [6, 6.07) is 5.18. The zero-order valence-corrected chi connectivity index (χ0v) is 16.9. The van der Waals surface area contributed by atoms with Crippen LogP contribution in [0.2, 0.25) is 0 Å². The molecule has 3 N–H and O–H groups in total. The largest absolute Gasteiger partial charge is 0.473 e. The van der Waals surface area contributed by atoms with E-state index in [1.54, 1.807) is 0 Å². The number of carbonyl (C=O) groups excluding carboxylic acids is 1. The number of amides is 1. The number of rotatable bonds is 5.